The van der Waals surface area contributed by atoms with Crippen LogP contribution in [0, 0.1) is 0 Å². The van der Waals surface area contributed by atoms with Gasteiger partial charge in [0.1, 0.15) is 0 Å². The average Bonchev–Trinajstić information content (AvgIpc) is 2.59. The number of nitrogens with two attached hydrogens (primary N) is 1. The summed E-state index contributed by atoms with van der Waals surface area (Å²) < 4.78 is 5.27. The van der Waals surface area contributed by atoms with E-state index in [-0.39, 0.29) is 0 Å². The van der Waals surface area contributed by atoms with Crippen LogP contribution in [0.1, 0.15) is 11.1 Å². The van der Waals surface area contributed by atoms with E-state index in [2.05, 4.69) is 5.32 Å². The van der Waals surface area contributed by atoms with Crippen molar-refractivity contribution in [3.63, 3.8) is 0 Å². The molecule has 10 heavy (non-hydrogen) atoms. The van der Waals surface area contributed by atoms with Gasteiger partial charge in [-0.15, -0.1) is 0 Å². The smallest absolute Gasteiger partial charge is 0.191 e. The zero-order valence-corrected chi connectivity index (χ0v) is 6.43. The number of hydrogen-bond donors (Lipinski definition) is 1. The molecule has 0 bridgehead atoms. The Hall–Kier alpha value is -0.410. The standard InChI is InChI=1S/C7H9NOS/c1-2-6(9-4-1)7-8-3-5-10-7/h1-2,4,7-8H,3,5H2/p+1. The number of thioether (sulfide) groups is 1. The summed E-state index contributed by atoms with van der Waals surface area (Å²) in [4.78, 5) is 0. The van der Waals surface area contributed by atoms with Crippen LogP contribution in [-0.4, -0.2) is 12.3 Å². The minimum atomic E-state index is 0.523. The number of furan rings is 1. The molecule has 2 N–H and O–H groups in total. The summed E-state index contributed by atoms with van der Waals surface area (Å²) in [6, 6.07) is 3.99. The van der Waals surface area contributed by atoms with E-state index in [1.54, 1.807) is 6.26 Å². The van der Waals surface area contributed by atoms with Crippen LogP contribution in [0.2, 0.25) is 0 Å². The maximum absolute atomic E-state index is 5.27. The summed E-state index contributed by atoms with van der Waals surface area (Å²) in [6.45, 7) is 1.22. The van der Waals surface area contributed by atoms with Gasteiger partial charge < -0.3 is 9.73 Å². The van der Waals surface area contributed by atoms with Gasteiger partial charge in [0, 0.05) is 5.75 Å². The zero-order valence-electron chi connectivity index (χ0n) is 5.62. The van der Waals surface area contributed by atoms with Crippen LogP contribution in [0.5, 0.6) is 0 Å². The molecule has 2 nitrogen and oxygen atoms in total. The lowest BCUT2D eigenvalue weighted by Gasteiger charge is -1.99. The van der Waals surface area contributed by atoms with E-state index >= 15 is 0 Å². The minimum Gasteiger partial charge on any atom is -0.462 e. The molecule has 1 unspecified atom stereocenters. The normalized spacial score (nSPS) is 25.4. The van der Waals surface area contributed by atoms with Crippen LogP contribution >= 0.6 is 11.8 Å². The van der Waals surface area contributed by atoms with Crippen molar-refractivity contribution < 1.29 is 9.73 Å². The second kappa shape index (κ2) is 2.68. The van der Waals surface area contributed by atoms with Gasteiger partial charge in [-0.3, -0.25) is 0 Å². The highest BCUT2D eigenvalue weighted by molar-refractivity contribution is 7.99. The van der Waals surface area contributed by atoms with Gasteiger partial charge in [-0.2, -0.15) is 0 Å². The Kier molecular flexibility index (Phi) is 1.69. The predicted octanol–water partition coefficient (Wildman–Crippen LogP) is 0.588. The molecule has 0 amide bonds. The van der Waals surface area contributed by atoms with Gasteiger partial charge in [0.2, 0.25) is 0 Å². The third kappa shape index (κ3) is 1.07. The first-order chi connectivity index (χ1) is 4.97. The van der Waals surface area contributed by atoms with Crippen LogP contribution in [0.15, 0.2) is 22.8 Å². The quantitative estimate of drug-likeness (QED) is 0.645. The predicted molar refractivity (Wildman–Crippen MR) is 40.7 cm³/mol. The first-order valence-electron chi connectivity index (χ1n) is 3.45. The summed E-state index contributed by atoms with van der Waals surface area (Å²) in [7, 11) is 0. The highest BCUT2D eigenvalue weighted by Crippen LogP contribution is 2.24. The molecule has 1 saturated heterocycles. The van der Waals surface area contributed by atoms with Crippen molar-refractivity contribution in [1.29, 1.82) is 0 Å². The van der Waals surface area contributed by atoms with Crippen molar-refractivity contribution in [3.05, 3.63) is 24.2 Å². The molecule has 3 heteroatoms. The van der Waals surface area contributed by atoms with Crippen LogP contribution < -0.4 is 5.32 Å². The van der Waals surface area contributed by atoms with Crippen molar-refractivity contribution >= 4 is 11.8 Å². The van der Waals surface area contributed by atoms with E-state index in [1.807, 2.05) is 23.9 Å². The van der Waals surface area contributed by atoms with Crippen LogP contribution in [0.25, 0.3) is 0 Å². The van der Waals surface area contributed by atoms with E-state index < -0.39 is 0 Å². The Morgan fingerprint density at radius 1 is 1.70 bits per heavy atom. The molecule has 2 rings (SSSR count). The van der Waals surface area contributed by atoms with Crippen molar-refractivity contribution in [3.8, 4) is 0 Å². The van der Waals surface area contributed by atoms with Crippen molar-refractivity contribution in [2.24, 2.45) is 0 Å². The fourth-order valence-corrected chi connectivity index (χ4v) is 2.23. The Morgan fingerprint density at radius 2 is 2.70 bits per heavy atom. The van der Waals surface area contributed by atoms with Crippen molar-refractivity contribution in [2.45, 2.75) is 5.37 Å². The first-order valence-corrected chi connectivity index (χ1v) is 4.50. The first kappa shape index (κ1) is 6.31. The third-order valence-corrected chi connectivity index (χ3v) is 2.87. The van der Waals surface area contributed by atoms with Gasteiger partial charge in [-0.05, 0) is 12.1 Å². The molecule has 1 atom stereocenters. The third-order valence-electron chi connectivity index (χ3n) is 1.62. The van der Waals surface area contributed by atoms with Gasteiger partial charge in [0.15, 0.2) is 11.1 Å². The molecule has 0 aromatic carbocycles. The van der Waals surface area contributed by atoms with Crippen molar-refractivity contribution in [1.82, 2.24) is 0 Å². The van der Waals surface area contributed by atoms with Crippen molar-refractivity contribution in [2.75, 3.05) is 12.3 Å². The van der Waals surface area contributed by atoms with E-state index in [0.29, 0.717) is 5.37 Å². The maximum atomic E-state index is 5.27. The molecule has 0 spiro atoms. The Bertz CT molecular complexity index is 191. The Labute approximate surface area is 64.0 Å². The molecule has 2 heterocycles. The zero-order chi connectivity index (χ0) is 6.81. The summed E-state index contributed by atoms with van der Waals surface area (Å²) in [5.41, 5.74) is 0. The van der Waals surface area contributed by atoms with E-state index in [0.717, 1.165) is 5.76 Å². The largest absolute Gasteiger partial charge is 0.462 e. The molecular formula is C7H10NOS+. The molecule has 54 valence electrons. The lowest BCUT2D eigenvalue weighted by Crippen LogP contribution is -2.81. The fourth-order valence-electron chi connectivity index (χ4n) is 1.13. The Balaban J connectivity index is 2.12. The SMILES string of the molecule is c1coc(C2[NH2+]CCS2)c1. The van der Waals surface area contributed by atoms with Crippen LogP contribution in [0.3, 0.4) is 0 Å². The fraction of sp³-hybridized carbons (Fsp3) is 0.429. The molecule has 0 aliphatic carbocycles. The van der Waals surface area contributed by atoms with Gasteiger partial charge in [-0.1, -0.05) is 11.8 Å². The highest BCUT2D eigenvalue weighted by Gasteiger charge is 2.22. The summed E-state index contributed by atoms with van der Waals surface area (Å²) in [5.74, 6) is 2.34. The second-order valence-electron chi connectivity index (χ2n) is 2.33. The molecule has 0 saturated carbocycles. The number of hydrogen-bond acceptors (Lipinski definition) is 2. The van der Waals surface area contributed by atoms with Crippen LogP contribution in [-0.2, 0) is 0 Å². The van der Waals surface area contributed by atoms with E-state index in [4.69, 9.17) is 4.42 Å². The van der Waals surface area contributed by atoms with Gasteiger partial charge in [0.25, 0.3) is 0 Å². The molecule has 0 radical (unpaired) electrons. The molecule has 1 aliphatic rings. The summed E-state index contributed by atoms with van der Waals surface area (Å²) in [6.07, 6.45) is 1.74. The minimum absolute atomic E-state index is 0.523. The number of rotatable bonds is 1. The topological polar surface area (TPSA) is 29.8 Å². The lowest BCUT2D eigenvalue weighted by atomic mass is 10.4. The van der Waals surface area contributed by atoms with Gasteiger partial charge in [-0.25, -0.2) is 0 Å². The lowest BCUT2D eigenvalue weighted by molar-refractivity contribution is -0.664. The highest BCUT2D eigenvalue weighted by atomic mass is 32.2. The maximum Gasteiger partial charge on any atom is 0.191 e. The number of quaternary nitrogens is 1. The molecule has 1 aromatic rings. The Morgan fingerprint density at radius 3 is 3.30 bits per heavy atom. The molecule has 1 fully saturated rings. The summed E-state index contributed by atoms with van der Waals surface area (Å²) in [5, 5.41) is 2.83. The molecular weight excluding hydrogens is 146 g/mol. The second-order valence-corrected chi connectivity index (χ2v) is 3.58. The van der Waals surface area contributed by atoms with Gasteiger partial charge in [0.05, 0.1) is 12.8 Å². The monoisotopic (exact) mass is 156 g/mol. The van der Waals surface area contributed by atoms with Gasteiger partial charge >= 0.3 is 0 Å². The average molecular weight is 156 g/mol. The van der Waals surface area contributed by atoms with E-state index in [1.165, 1.54) is 12.3 Å². The van der Waals surface area contributed by atoms with Crippen LogP contribution in [0.4, 0.5) is 0 Å². The molecule has 1 aliphatic heterocycles. The van der Waals surface area contributed by atoms with E-state index in [9.17, 15) is 0 Å². The summed E-state index contributed by atoms with van der Waals surface area (Å²) >= 11 is 1.95. The molecule has 1 aromatic heterocycles.